The molecule has 2 aliphatic rings. The predicted octanol–water partition coefficient (Wildman–Crippen LogP) is 5.74. The van der Waals surface area contributed by atoms with Crippen LogP contribution in [0.4, 0.5) is 4.79 Å². The summed E-state index contributed by atoms with van der Waals surface area (Å²) in [5, 5.41) is 5.08. The zero-order valence-electron chi connectivity index (χ0n) is 25.1. The highest BCUT2D eigenvalue weighted by Gasteiger charge is 2.52. The first-order chi connectivity index (χ1) is 19.4. The highest BCUT2D eigenvalue weighted by atomic mass is 28.4. The van der Waals surface area contributed by atoms with Gasteiger partial charge >= 0.3 is 14.4 Å². The maximum atomic E-state index is 13.4. The molecule has 1 N–H and O–H groups in total. The van der Waals surface area contributed by atoms with E-state index in [9.17, 15) is 9.59 Å². The molecule has 0 radical (unpaired) electrons. The minimum atomic E-state index is -2.78. The van der Waals surface area contributed by atoms with Crippen molar-refractivity contribution in [1.82, 2.24) is 10.2 Å². The number of fused-ring (bicyclic) bond motifs is 1. The Bertz CT molecular complexity index is 1360. The van der Waals surface area contributed by atoms with Gasteiger partial charge in [0.2, 0.25) is 5.91 Å². The number of nitrogens with one attached hydrogen (secondary N) is 1. The van der Waals surface area contributed by atoms with Crippen LogP contribution < -0.4 is 20.1 Å². The Labute approximate surface area is 245 Å². The summed E-state index contributed by atoms with van der Waals surface area (Å²) in [6, 6.07) is 27.1. The number of carbonyl (C=O) groups is 2. The second kappa shape index (κ2) is 11.0. The Hall–Kier alpha value is -3.58. The molecule has 3 aromatic rings. The van der Waals surface area contributed by atoms with Gasteiger partial charge in [-0.3, -0.25) is 4.79 Å². The van der Waals surface area contributed by atoms with Crippen molar-refractivity contribution < 1.29 is 18.8 Å². The first-order valence-corrected chi connectivity index (χ1v) is 16.5. The van der Waals surface area contributed by atoms with Gasteiger partial charge in [-0.2, -0.15) is 0 Å². The minimum absolute atomic E-state index is 0.0364. The summed E-state index contributed by atoms with van der Waals surface area (Å²) < 4.78 is 12.7. The Morgan fingerprint density at radius 3 is 2.05 bits per heavy atom. The number of amides is 2. The van der Waals surface area contributed by atoms with Crippen LogP contribution in [0.5, 0.6) is 5.75 Å². The number of nitrogens with zero attached hydrogens (tertiary/aromatic N) is 1. The molecular weight excluding hydrogens is 528 g/mol. The average molecular weight is 571 g/mol. The summed E-state index contributed by atoms with van der Waals surface area (Å²) in [6.07, 6.45) is 1.80. The van der Waals surface area contributed by atoms with E-state index < -0.39 is 26.1 Å². The van der Waals surface area contributed by atoms with Crippen LogP contribution >= 0.6 is 0 Å². The van der Waals surface area contributed by atoms with Crippen LogP contribution in [-0.4, -0.2) is 43.4 Å². The van der Waals surface area contributed by atoms with Gasteiger partial charge in [-0.25, -0.2) is 4.79 Å². The van der Waals surface area contributed by atoms with Crippen LogP contribution in [0.25, 0.3) is 0 Å². The largest absolute Gasteiger partial charge is 0.534 e. The van der Waals surface area contributed by atoms with Crippen molar-refractivity contribution in [2.24, 2.45) is 0 Å². The Balaban J connectivity index is 1.45. The molecule has 2 amide bonds. The molecule has 1 aliphatic carbocycles. The molecule has 1 unspecified atom stereocenters. The zero-order chi connectivity index (χ0) is 29.4. The molecule has 6 nitrogen and oxygen atoms in total. The SMILES string of the molecule is CC(C)(C)OC(=O)N[C@@H]1CCN(C2CCc3ccc(O[Si](c4ccccc4)(c4ccccc4)C(C)(C)C)cc32)C1=O. The molecule has 5 rings (SSSR count). The van der Waals surface area contributed by atoms with E-state index in [2.05, 4.69) is 92.8 Å². The molecule has 0 spiro atoms. The first kappa shape index (κ1) is 28.9. The van der Waals surface area contributed by atoms with Crippen LogP contribution in [0, 0.1) is 0 Å². The molecule has 1 aliphatic heterocycles. The lowest BCUT2D eigenvalue weighted by Crippen LogP contribution is -2.68. The fraction of sp³-hybridized carbons (Fsp3) is 0.412. The van der Waals surface area contributed by atoms with Crippen LogP contribution in [0.15, 0.2) is 78.9 Å². The molecule has 0 bridgehead atoms. The van der Waals surface area contributed by atoms with Crippen molar-refractivity contribution in [1.29, 1.82) is 0 Å². The first-order valence-electron chi connectivity index (χ1n) is 14.6. The Morgan fingerprint density at radius 1 is 0.878 bits per heavy atom. The lowest BCUT2D eigenvalue weighted by Gasteiger charge is -2.43. The van der Waals surface area contributed by atoms with Crippen molar-refractivity contribution in [3.05, 3.63) is 90.0 Å². The van der Waals surface area contributed by atoms with E-state index in [0.717, 1.165) is 24.2 Å². The third-order valence-electron chi connectivity index (χ3n) is 8.16. The maximum absolute atomic E-state index is 13.4. The molecule has 41 heavy (non-hydrogen) atoms. The van der Waals surface area contributed by atoms with Gasteiger partial charge in [0.1, 0.15) is 17.4 Å². The molecular formula is C34H42N2O4Si. The Morgan fingerprint density at radius 2 is 1.49 bits per heavy atom. The van der Waals surface area contributed by atoms with E-state index in [4.69, 9.17) is 9.16 Å². The number of hydrogen-bond donors (Lipinski definition) is 1. The lowest BCUT2D eigenvalue weighted by molar-refractivity contribution is -0.131. The smallest absolute Gasteiger partial charge is 0.408 e. The van der Waals surface area contributed by atoms with Crippen LogP contribution in [0.3, 0.4) is 0 Å². The normalized spacial score (nSPS) is 19.2. The highest BCUT2D eigenvalue weighted by Crippen LogP contribution is 2.42. The summed E-state index contributed by atoms with van der Waals surface area (Å²) in [5.41, 5.74) is 1.78. The number of carbonyl (C=O) groups excluding carboxylic acids is 2. The quantitative estimate of drug-likeness (QED) is 0.384. The van der Waals surface area contributed by atoms with E-state index in [0.29, 0.717) is 13.0 Å². The number of rotatable bonds is 6. The number of aryl methyl sites for hydroxylation is 1. The fourth-order valence-corrected chi connectivity index (χ4v) is 10.8. The van der Waals surface area contributed by atoms with Gasteiger partial charge in [0.05, 0.1) is 6.04 Å². The van der Waals surface area contributed by atoms with E-state index in [1.54, 1.807) is 0 Å². The molecule has 7 heteroatoms. The summed E-state index contributed by atoms with van der Waals surface area (Å²) in [4.78, 5) is 27.7. The average Bonchev–Trinajstić information content (AvgIpc) is 3.49. The zero-order valence-corrected chi connectivity index (χ0v) is 26.1. The van der Waals surface area contributed by atoms with E-state index in [1.807, 2.05) is 37.8 Å². The number of benzene rings is 3. The number of ether oxygens (including phenoxy) is 1. The van der Waals surface area contributed by atoms with Gasteiger partial charge in [-0.15, -0.1) is 0 Å². The number of hydrogen-bond acceptors (Lipinski definition) is 4. The minimum Gasteiger partial charge on any atom is -0.534 e. The van der Waals surface area contributed by atoms with Gasteiger partial charge < -0.3 is 19.4 Å². The van der Waals surface area contributed by atoms with Gasteiger partial charge in [0.15, 0.2) is 0 Å². The molecule has 0 saturated carbocycles. The predicted molar refractivity (Wildman–Crippen MR) is 165 cm³/mol. The number of alkyl carbamates (subject to hydrolysis) is 1. The van der Waals surface area contributed by atoms with E-state index >= 15 is 0 Å². The van der Waals surface area contributed by atoms with Gasteiger partial charge in [-0.1, -0.05) is 87.5 Å². The van der Waals surface area contributed by atoms with Crippen molar-refractivity contribution in [3.8, 4) is 5.75 Å². The molecule has 2 atom stereocenters. The monoisotopic (exact) mass is 570 g/mol. The summed E-state index contributed by atoms with van der Waals surface area (Å²) >= 11 is 0. The van der Waals surface area contributed by atoms with Crippen molar-refractivity contribution in [3.63, 3.8) is 0 Å². The lowest BCUT2D eigenvalue weighted by atomic mass is 10.1. The summed E-state index contributed by atoms with van der Waals surface area (Å²) in [5.74, 6) is 0.784. The second-order valence-electron chi connectivity index (χ2n) is 13.2. The van der Waals surface area contributed by atoms with Crippen LogP contribution in [-0.2, 0) is 16.0 Å². The van der Waals surface area contributed by atoms with Crippen LogP contribution in [0.1, 0.15) is 71.6 Å². The van der Waals surface area contributed by atoms with E-state index in [-0.39, 0.29) is 17.0 Å². The molecule has 0 aromatic heterocycles. The molecule has 216 valence electrons. The third-order valence-corrected chi connectivity index (χ3v) is 13.1. The summed E-state index contributed by atoms with van der Waals surface area (Å²) in [7, 11) is -2.78. The summed E-state index contributed by atoms with van der Waals surface area (Å²) in [6.45, 7) is 12.9. The maximum Gasteiger partial charge on any atom is 0.408 e. The van der Waals surface area contributed by atoms with Gasteiger partial charge in [0, 0.05) is 6.54 Å². The van der Waals surface area contributed by atoms with Crippen molar-refractivity contribution >= 4 is 30.7 Å². The van der Waals surface area contributed by atoms with E-state index in [1.165, 1.54) is 15.9 Å². The fourth-order valence-electron chi connectivity index (χ4n) is 6.37. The second-order valence-corrected chi connectivity index (χ2v) is 17.4. The topological polar surface area (TPSA) is 67.9 Å². The molecule has 1 fully saturated rings. The third kappa shape index (κ3) is 5.78. The standard InChI is InChI=1S/C34H42N2O4Si/c1-33(2,3)39-32(38)35-29-21-22-36(31(29)37)30-20-18-24-17-19-25(23-28(24)30)40-41(34(4,5)6,26-13-9-7-10-14-26)27-15-11-8-12-16-27/h7-17,19,23,29-30H,18,20-22H2,1-6H3,(H,35,38)/t29-,30?/m1/s1. The molecule has 1 saturated heterocycles. The number of likely N-dealkylation sites (tertiary alicyclic amines) is 1. The van der Waals surface area contributed by atoms with Crippen molar-refractivity contribution in [2.75, 3.05) is 6.54 Å². The van der Waals surface area contributed by atoms with Crippen molar-refractivity contribution in [2.45, 2.75) is 83.5 Å². The van der Waals surface area contributed by atoms with Gasteiger partial charge in [-0.05, 0) is 78.7 Å². The molecule has 3 aromatic carbocycles. The Kier molecular flexibility index (Phi) is 7.77. The van der Waals surface area contributed by atoms with Gasteiger partial charge in [0.25, 0.3) is 0 Å². The highest BCUT2D eigenvalue weighted by molar-refractivity contribution is 7.00. The van der Waals surface area contributed by atoms with Crippen LogP contribution in [0.2, 0.25) is 5.04 Å². The molecule has 1 heterocycles.